The monoisotopic (exact) mass is 803 g/mol. The summed E-state index contributed by atoms with van der Waals surface area (Å²) in [6.07, 6.45) is -5.73. The maximum absolute atomic E-state index is 14.4. The van der Waals surface area contributed by atoms with Crippen LogP contribution in [-0.4, -0.2) is 122 Å². The quantitative estimate of drug-likeness (QED) is 0.194. The maximum atomic E-state index is 14.4. The molecule has 0 unspecified atom stereocenters. The van der Waals surface area contributed by atoms with Crippen LogP contribution in [0.4, 0.5) is 4.79 Å². The molecule has 3 fully saturated rings. The summed E-state index contributed by atoms with van der Waals surface area (Å²) in [6, 6.07) is 4.81. The molecule has 0 saturated carbocycles. The Labute approximate surface area is 335 Å². The number of hydrogen-bond acceptors (Lipinski definition) is 15. The van der Waals surface area contributed by atoms with Gasteiger partial charge >= 0.3 is 18.1 Å². The van der Waals surface area contributed by atoms with Crippen molar-refractivity contribution in [2.45, 2.75) is 141 Å². The van der Waals surface area contributed by atoms with Gasteiger partial charge in [-0.1, -0.05) is 39.8 Å². The second-order valence-electron chi connectivity index (χ2n) is 16.7. The molecule has 1 aromatic carbocycles. The zero-order chi connectivity index (χ0) is 42.0. The number of ketones is 1. The van der Waals surface area contributed by atoms with Gasteiger partial charge < -0.3 is 52.6 Å². The standard InChI is InChI=1S/C42H61NO14/c1-12-16-51-41(8)20-22(3)33(45)24(5)37-42(9,57-40(48)56-37)31(13-2)53-38(47)26(7)35(54-32(44)19-27-14-15-29-30(18-27)50-21-49-29)25(6)36(41)55-39-34(46)28(43(10)11)17-23(4)52-39/h12,14-15,18,22-26,28,31,34-37,39,46H,1,13,16-17,19-21H2,2-11H3/t22-,23-,24+,25+,26-,28+,31-,34-,35+,36-,37-,39+,41+,42-/m1/s1. The Morgan fingerprint density at radius 3 is 2.40 bits per heavy atom. The van der Waals surface area contributed by atoms with Gasteiger partial charge in [-0.25, -0.2) is 4.79 Å². The van der Waals surface area contributed by atoms with Gasteiger partial charge in [0, 0.05) is 17.9 Å². The Morgan fingerprint density at radius 1 is 1.04 bits per heavy atom. The molecule has 14 atom stereocenters. The molecule has 57 heavy (non-hydrogen) atoms. The molecule has 1 N–H and O–H groups in total. The summed E-state index contributed by atoms with van der Waals surface area (Å²) >= 11 is 0. The second-order valence-corrected chi connectivity index (χ2v) is 16.7. The molecule has 5 rings (SSSR count). The van der Waals surface area contributed by atoms with E-state index in [1.54, 1.807) is 72.7 Å². The molecule has 3 saturated heterocycles. The molecule has 0 spiro atoms. The van der Waals surface area contributed by atoms with Gasteiger partial charge in [-0.05, 0) is 78.7 Å². The third kappa shape index (κ3) is 9.43. The zero-order valence-electron chi connectivity index (χ0n) is 34.9. The molecule has 0 radical (unpaired) electrons. The smallest absolute Gasteiger partial charge is 0.461 e. The van der Waals surface area contributed by atoms with Crippen LogP contribution in [0.3, 0.4) is 0 Å². The van der Waals surface area contributed by atoms with Crippen molar-refractivity contribution in [1.82, 2.24) is 4.90 Å². The van der Waals surface area contributed by atoms with Crippen molar-refractivity contribution in [3.63, 3.8) is 0 Å². The molecular weight excluding hydrogens is 742 g/mol. The van der Waals surface area contributed by atoms with Crippen LogP contribution >= 0.6 is 0 Å². The molecule has 318 valence electrons. The first-order valence-corrected chi connectivity index (χ1v) is 20.0. The van der Waals surface area contributed by atoms with Crippen LogP contribution in [-0.2, 0) is 54.0 Å². The number of ether oxygens (including phenoxy) is 9. The van der Waals surface area contributed by atoms with Gasteiger partial charge in [-0.3, -0.25) is 14.4 Å². The first-order valence-electron chi connectivity index (χ1n) is 20.0. The van der Waals surface area contributed by atoms with Gasteiger partial charge in [0.2, 0.25) is 6.79 Å². The summed E-state index contributed by atoms with van der Waals surface area (Å²) < 4.78 is 54.4. The number of esters is 2. The van der Waals surface area contributed by atoms with Gasteiger partial charge in [0.1, 0.15) is 24.1 Å². The lowest BCUT2D eigenvalue weighted by Crippen LogP contribution is -2.60. The third-order valence-electron chi connectivity index (χ3n) is 12.1. The number of cyclic esters (lactones) is 1. The Morgan fingerprint density at radius 2 is 1.74 bits per heavy atom. The molecule has 4 heterocycles. The van der Waals surface area contributed by atoms with E-state index in [0.717, 1.165) is 0 Å². The van der Waals surface area contributed by atoms with Gasteiger partial charge in [0.15, 0.2) is 29.5 Å². The normalized spacial score (nSPS) is 38.7. The molecule has 15 nitrogen and oxygen atoms in total. The number of Topliss-reactive ketones (excluding diaryl/α,β-unsaturated/α-hetero) is 1. The van der Waals surface area contributed by atoms with Crippen LogP contribution in [0.25, 0.3) is 0 Å². The Hall–Kier alpha value is -3.76. The Balaban J connectivity index is 1.62. The van der Waals surface area contributed by atoms with E-state index >= 15 is 0 Å². The SMILES string of the molecule is C=CCO[C@@]1(C)C[C@@H](C)C(=O)[C@H](C)[C@H]2OC(=O)O[C@]2(C)[C@@H](CC)OC(=O)[C@H](C)[C@@H](OC(=O)Cc2ccc3c(c2)OCO3)[C@H](C)[C@H]1O[C@@H]1O[C@H](C)C[C@H](N(C)C)[C@H]1O. The molecule has 0 bridgehead atoms. The number of rotatable bonds is 10. The average molecular weight is 804 g/mol. The highest BCUT2D eigenvalue weighted by atomic mass is 16.8. The molecule has 0 aliphatic carbocycles. The molecule has 4 aliphatic heterocycles. The van der Waals surface area contributed by atoms with Crippen molar-refractivity contribution in [1.29, 1.82) is 0 Å². The number of benzene rings is 1. The summed E-state index contributed by atoms with van der Waals surface area (Å²) in [5.41, 5.74) is -2.27. The summed E-state index contributed by atoms with van der Waals surface area (Å²) in [7, 11) is 3.73. The molecule has 0 aromatic heterocycles. The van der Waals surface area contributed by atoms with E-state index in [4.69, 9.17) is 42.6 Å². The van der Waals surface area contributed by atoms with E-state index in [2.05, 4.69) is 6.58 Å². The van der Waals surface area contributed by atoms with Crippen LogP contribution in [0.5, 0.6) is 11.5 Å². The molecule has 0 amide bonds. The van der Waals surface area contributed by atoms with Gasteiger partial charge in [0.05, 0.1) is 42.7 Å². The lowest BCUT2D eigenvalue weighted by atomic mass is 9.74. The number of aliphatic hydroxyl groups excluding tert-OH is 1. The highest BCUT2D eigenvalue weighted by Gasteiger charge is 2.59. The van der Waals surface area contributed by atoms with Crippen molar-refractivity contribution in [3.8, 4) is 11.5 Å². The lowest BCUT2D eigenvalue weighted by molar-refractivity contribution is -0.303. The van der Waals surface area contributed by atoms with Crippen molar-refractivity contribution >= 4 is 23.9 Å². The lowest BCUT2D eigenvalue weighted by Gasteiger charge is -2.48. The number of nitrogens with zero attached hydrogens (tertiary/aromatic N) is 1. The number of fused-ring (bicyclic) bond motifs is 2. The minimum atomic E-state index is -1.51. The van der Waals surface area contributed by atoms with Crippen LogP contribution in [0.2, 0.25) is 0 Å². The van der Waals surface area contributed by atoms with Gasteiger partial charge in [0.25, 0.3) is 0 Å². The topological polar surface area (TPSA) is 175 Å². The molecule has 4 aliphatic rings. The van der Waals surface area contributed by atoms with Crippen molar-refractivity contribution in [2.24, 2.45) is 23.7 Å². The van der Waals surface area contributed by atoms with Crippen LogP contribution in [0, 0.1) is 23.7 Å². The van der Waals surface area contributed by atoms with E-state index in [-0.39, 0.29) is 50.6 Å². The third-order valence-corrected chi connectivity index (χ3v) is 12.1. The Kier molecular flexibility index (Phi) is 14.0. The minimum absolute atomic E-state index is 0.0425. The van der Waals surface area contributed by atoms with E-state index in [0.29, 0.717) is 23.5 Å². The maximum Gasteiger partial charge on any atom is 0.509 e. The number of carbonyl (C=O) groups excluding carboxylic acids is 4. The summed E-state index contributed by atoms with van der Waals surface area (Å²) in [5.74, 6) is -4.15. The van der Waals surface area contributed by atoms with Gasteiger partial charge in [-0.2, -0.15) is 0 Å². The van der Waals surface area contributed by atoms with Crippen molar-refractivity contribution < 1.29 is 66.9 Å². The fourth-order valence-corrected chi connectivity index (χ4v) is 9.00. The number of carbonyl (C=O) groups is 4. The second kappa shape index (κ2) is 18.0. The fraction of sp³-hybridized carbons (Fsp3) is 0.714. The number of likely N-dealkylation sites (N-methyl/N-ethyl adjacent to an activating group) is 1. The largest absolute Gasteiger partial charge is 0.509 e. The summed E-state index contributed by atoms with van der Waals surface area (Å²) in [6.45, 7) is 17.8. The highest BCUT2D eigenvalue weighted by molar-refractivity contribution is 5.84. The number of hydrogen-bond donors (Lipinski definition) is 1. The summed E-state index contributed by atoms with van der Waals surface area (Å²) in [5, 5.41) is 11.7. The van der Waals surface area contributed by atoms with E-state index in [9.17, 15) is 24.3 Å². The van der Waals surface area contributed by atoms with Crippen LogP contribution in [0.1, 0.15) is 80.2 Å². The molecular formula is C42H61NO14. The molecule has 15 heteroatoms. The van der Waals surface area contributed by atoms with E-state index in [1.807, 2.05) is 25.9 Å². The molecule has 1 aromatic rings. The minimum Gasteiger partial charge on any atom is -0.461 e. The summed E-state index contributed by atoms with van der Waals surface area (Å²) in [4.78, 5) is 57.4. The van der Waals surface area contributed by atoms with Crippen molar-refractivity contribution in [2.75, 3.05) is 27.5 Å². The average Bonchev–Trinajstić information content (AvgIpc) is 3.76. The van der Waals surface area contributed by atoms with Crippen LogP contribution in [0.15, 0.2) is 30.9 Å². The van der Waals surface area contributed by atoms with Gasteiger partial charge in [-0.15, -0.1) is 6.58 Å². The van der Waals surface area contributed by atoms with Crippen LogP contribution < -0.4 is 9.47 Å². The van der Waals surface area contributed by atoms with Crippen molar-refractivity contribution in [3.05, 3.63) is 36.4 Å². The van der Waals surface area contributed by atoms with E-state index in [1.165, 1.54) is 0 Å². The number of aliphatic hydroxyl groups is 1. The predicted octanol–water partition coefficient (Wildman–Crippen LogP) is 4.78. The first kappa shape index (κ1) is 44.3. The van der Waals surface area contributed by atoms with E-state index < -0.39 is 89.8 Å². The fourth-order valence-electron chi connectivity index (χ4n) is 9.00. The first-order chi connectivity index (χ1) is 26.8. The predicted molar refractivity (Wildman–Crippen MR) is 204 cm³/mol. The Bertz CT molecular complexity index is 1630. The zero-order valence-corrected chi connectivity index (χ0v) is 34.9. The highest BCUT2D eigenvalue weighted by Crippen LogP contribution is 2.43.